The molecule has 0 atom stereocenters. The number of aromatic nitrogens is 2. The molecule has 1 aromatic heterocycles. The molecule has 212 valence electrons. The van der Waals surface area contributed by atoms with Crippen molar-refractivity contribution in [2.45, 2.75) is 51.7 Å². The van der Waals surface area contributed by atoms with Gasteiger partial charge >= 0.3 is 0 Å². The third kappa shape index (κ3) is 6.92. The lowest BCUT2D eigenvalue weighted by atomic mass is 10.0. The van der Waals surface area contributed by atoms with E-state index in [0.29, 0.717) is 36.0 Å². The maximum Gasteiger partial charge on any atom is 0.257 e. The Balaban J connectivity index is 1.35. The number of para-hydroxylation sites is 1. The zero-order valence-corrected chi connectivity index (χ0v) is 23.2. The van der Waals surface area contributed by atoms with Gasteiger partial charge in [-0.3, -0.25) is 19.7 Å². The molecule has 0 aliphatic heterocycles. The summed E-state index contributed by atoms with van der Waals surface area (Å²) in [6.07, 6.45) is 5.22. The number of imidazole rings is 1. The van der Waals surface area contributed by atoms with Gasteiger partial charge in [-0.25, -0.2) is 4.98 Å². The molecule has 1 fully saturated rings. The highest BCUT2D eigenvalue weighted by Gasteiger charge is 2.22. The Kier molecular flexibility index (Phi) is 8.62. The van der Waals surface area contributed by atoms with Gasteiger partial charge in [0.1, 0.15) is 12.4 Å². The second-order valence-electron chi connectivity index (χ2n) is 10.5. The van der Waals surface area contributed by atoms with Crippen molar-refractivity contribution in [3.8, 4) is 5.75 Å². The molecule has 41 heavy (non-hydrogen) atoms. The van der Waals surface area contributed by atoms with Gasteiger partial charge in [0.05, 0.1) is 11.0 Å². The molecule has 0 bridgehead atoms. The lowest BCUT2D eigenvalue weighted by Gasteiger charge is -2.19. The Bertz CT molecular complexity index is 1540. The van der Waals surface area contributed by atoms with Crippen molar-refractivity contribution < 1.29 is 19.1 Å². The number of amides is 3. The SMILES string of the molecule is CN(C(=O)CC1CCCC1)c1ccc2c(c1)nc(NC(=O)c1cccc(COc3ccccc3)c1)n2CCC(N)=O. The van der Waals surface area contributed by atoms with Gasteiger partial charge in [-0.15, -0.1) is 0 Å². The number of carbonyl (C=O) groups excluding carboxylic acids is 3. The standard InChI is InChI=1S/C32H35N5O4/c1-36(30(39)19-22-8-5-6-9-22)25-14-15-28-27(20-25)34-32(37(28)17-16-29(33)38)35-31(40)24-11-7-10-23(18-24)21-41-26-12-3-2-4-13-26/h2-4,7,10-15,18,20,22H,5-6,8-9,16-17,19,21H2,1H3,(H2,33,38)(H,34,35,40). The molecule has 1 saturated carbocycles. The molecule has 1 aliphatic rings. The highest BCUT2D eigenvalue weighted by Crippen LogP contribution is 2.30. The number of benzene rings is 3. The van der Waals surface area contributed by atoms with Crippen LogP contribution in [0.3, 0.4) is 0 Å². The first-order valence-corrected chi connectivity index (χ1v) is 14.0. The summed E-state index contributed by atoms with van der Waals surface area (Å²) in [7, 11) is 1.78. The molecule has 3 amide bonds. The molecule has 9 nitrogen and oxygen atoms in total. The third-order valence-electron chi connectivity index (χ3n) is 7.58. The van der Waals surface area contributed by atoms with E-state index in [4.69, 9.17) is 10.5 Å². The zero-order valence-electron chi connectivity index (χ0n) is 23.2. The van der Waals surface area contributed by atoms with Gasteiger partial charge in [0.2, 0.25) is 17.8 Å². The summed E-state index contributed by atoms with van der Waals surface area (Å²) in [5, 5.41) is 2.90. The van der Waals surface area contributed by atoms with Crippen LogP contribution in [0.15, 0.2) is 72.8 Å². The molecule has 3 N–H and O–H groups in total. The summed E-state index contributed by atoms with van der Waals surface area (Å²) in [6.45, 7) is 0.570. The lowest BCUT2D eigenvalue weighted by Crippen LogP contribution is -2.27. The number of nitrogens with one attached hydrogen (secondary N) is 1. The van der Waals surface area contributed by atoms with Crippen LogP contribution in [0.4, 0.5) is 11.6 Å². The number of hydrogen-bond donors (Lipinski definition) is 2. The van der Waals surface area contributed by atoms with Crippen LogP contribution < -0.4 is 20.7 Å². The number of carbonyl (C=O) groups is 3. The topological polar surface area (TPSA) is 120 Å². The molecule has 0 spiro atoms. The van der Waals surface area contributed by atoms with E-state index < -0.39 is 5.91 Å². The highest BCUT2D eigenvalue weighted by molar-refractivity contribution is 6.04. The van der Waals surface area contributed by atoms with Gasteiger partial charge in [0.15, 0.2) is 0 Å². The van der Waals surface area contributed by atoms with Crippen LogP contribution in [0.1, 0.15) is 54.4 Å². The van der Waals surface area contributed by atoms with Gasteiger partial charge in [-0.05, 0) is 66.8 Å². The Labute approximate surface area is 239 Å². The van der Waals surface area contributed by atoms with E-state index in [9.17, 15) is 14.4 Å². The number of hydrogen-bond acceptors (Lipinski definition) is 5. The number of anilines is 2. The molecular formula is C32H35N5O4. The second-order valence-corrected chi connectivity index (χ2v) is 10.5. The fraction of sp³-hybridized carbons (Fsp3) is 0.312. The Morgan fingerprint density at radius 3 is 2.56 bits per heavy atom. The number of rotatable bonds is 11. The molecule has 9 heteroatoms. The van der Waals surface area contributed by atoms with Crippen LogP contribution in [-0.4, -0.2) is 34.3 Å². The minimum Gasteiger partial charge on any atom is -0.489 e. The molecule has 4 aromatic rings. The van der Waals surface area contributed by atoms with Gasteiger partial charge in [0, 0.05) is 37.7 Å². The van der Waals surface area contributed by atoms with Crippen LogP contribution >= 0.6 is 0 Å². The van der Waals surface area contributed by atoms with Crippen molar-refractivity contribution in [2.75, 3.05) is 17.3 Å². The van der Waals surface area contributed by atoms with E-state index in [1.165, 1.54) is 12.8 Å². The van der Waals surface area contributed by atoms with Crippen LogP contribution in [-0.2, 0) is 22.7 Å². The zero-order chi connectivity index (χ0) is 28.8. The van der Waals surface area contributed by atoms with E-state index in [1.807, 2.05) is 54.6 Å². The van der Waals surface area contributed by atoms with E-state index in [-0.39, 0.29) is 24.8 Å². The Morgan fingerprint density at radius 1 is 1.02 bits per heavy atom. The first-order valence-electron chi connectivity index (χ1n) is 14.0. The quantitative estimate of drug-likeness (QED) is 0.262. The number of primary amides is 1. The molecule has 1 aliphatic carbocycles. The van der Waals surface area contributed by atoms with E-state index in [2.05, 4.69) is 10.3 Å². The van der Waals surface area contributed by atoms with Gasteiger partial charge < -0.3 is 19.9 Å². The van der Waals surface area contributed by atoms with Crippen LogP contribution in [0.25, 0.3) is 11.0 Å². The maximum absolute atomic E-state index is 13.3. The van der Waals surface area contributed by atoms with Crippen molar-refractivity contribution in [1.29, 1.82) is 0 Å². The fourth-order valence-electron chi connectivity index (χ4n) is 5.27. The number of nitrogens with zero attached hydrogens (tertiary/aromatic N) is 3. The second kappa shape index (κ2) is 12.7. The Morgan fingerprint density at radius 2 is 1.80 bits per heavy atom. The molecule has 3 aromatic carbocycles. The lowest BCUT2D eigenvalue weighted by molar-refractivity contribution is -0.119. The first kappa shape index (κ1) is 27.9. The van der Waals surface area contributed by atoms with Crippen molar-refractivity contribution in [1.82, 2.24) is 9.55 Å². The largest absolute Gasteiger partial charge is 0.489 e. The number of ether oxygens (including phenoxy) is 1. The minimum atomic E-state index is -0.455. The van der Waals surface area contributed by atoms with E-state index in [1.54, 1.807) is 34.7 Å². The molecule has 5 rings (SSSR count). The molecular weight excluding hydrogens is 518 g/mol. The summed E-state index contributed by atoms with van der Waals surface area (Å²) >= 11 is 0. The smallest absolute Gasteiger partial charge is 0.257 e. The van der Waals surface area contributed by atoms with E-state index in [0.717, 1.165) is 35.4 Å². The van der Waals surface area contributed by atoms with Gasteiger partial charge in [0.25, 0.3) is 5.91 Å². The monoisotopic (exact) mass is 553 g/mol. The summed E-state index contributed by atoms with van der Waals surface area (Å²) in [6, 6.07) is 22.2. The number of aryl methyl sites for hydroxylation is 1. The predicted molar refractivity (Wildman–Crippen MR) is 159 cm³/mol. The normalized spacial score (nSPS) is 13.3. The van der Waals surface area contributed by atoms with Crippen molar-refractivity contribution >= 4 is 40.4 Å². The summed E-state index contributed by atoms with van der Waals surface area (Å²) < 4.78 is 7.59. The Hall–Kier alpha value is -4.66. The predicted octanol–water partition coefficient (Wildman–Crippen LogP) is 5.29. The average Bonchev–Trinajstić information content (AvgIpc) is 3.62. The molecule has 1 heterocycles. The first-order chi connectivity index (χ1) is 19.9. The minimum absolute atomic E-state index is 0.0778. The van der Waals surface area contributed by atoms with Crippen molar-refractivity contribution in [3.63, 3.8) is 0 Å². The number of nitrogens with two attached hydrogens (primary N) is 1. The van der Waals surface area contributed by atoms with Crippen molar-refractivity contribution in [3.05, 3.63) is 83.9 Å². The number of fused-ring (bicyclic) bond motifs is 1. The van der Waals surface area contributed by atoms with E-state index >= 15 is 0 Å². The molecule has 0 saturated heterocycles. The fourth-order valence-corrected chi connectivity index (χ4v) is 5.27. The highest BCUT2D eigenvalue weighted by atomic mass is 16.5. The van der Waals surface area contributed by atoms with Gasteiger partial charge in [-0.1, -0.05) is 43.2 Å². The summed E-state index contributed by atoms with van der Waals surface area (Å²) in [4.78, 5) is 44.1. The summed E-state index contributed by atoms with van der Waals surface area (Å²) in [5.74, 6) is 0.779. The van der Waals surface area contributed by atoms with Crippen LogP contribution in [0.5, 0.6) is 5.75 Å². The van der Waals surface area contributed by atoms with Crippen molar-refractivity contribution in [2.24, 2.45) is 11.7 Å². The van der Waals surface area contributed by atoms with Crippen LogP contribution in [0, 0.1) is 5.92 Å². The van der Waals surface area contributed by atoms with Gasteiger partial charge in [-0.2, -0.15) is 0 Å². The maximum atomic E-state index is 13.3. The average molecular weight is 554 g/mol. The molecule has 0 unspecified atom stereocenters. The summed E-state index contributed by atoms with van der Waals surface area (Å²) in [5.41, 5.74) is 8.79. The third-order valence-corrected chi connectivity index (χ3v) is 7.58. The van der Waals surface area contributed by atoms with Crippen LogP contribution in [0.2, 0.25) is 0 Å². The molecule has 0 radical (unpaired) electrons.